The highest BCUT2D eigenvalue weighted by Gasteiger charge is 2.06. The van der Waals surface area contributed by atoms with Gasteiger partial charge in [0.05, 0.1) is 4.47 Å². The van der Waals surface area contributed by atoms with Crippen LogP contribution < -0.4 is 4.74 Å². The molecule has 0 N–H and O–H groups in total. The minimum atomic E-state index is -0.341. The predicted octanol–water partition coefficient (Wildman–Crippen LogP) is 4.61. The van der Waals surface area contributed by atoms with Crippen molar-refractivity contribution in [3.63, 3.8) is 0 Å². The van der Waals surface area contributed by atoms with Crippen molar-refractivity contribution in [2.24, 2.45) is 0 Å². The molecule has 2 aromatic rings. The van der Waals surface area contributed by atoms with E-state index in [1.54, 1.807) is 31.2 Å². The zero-order chi connectivity index (χ0) is 13.1. The molecule has 0 spiro atoms. The lowest BCUT2D eigenvalue weighted by Crippen LogP contribution is -1.98. The molecule has 0 amide bonds. The monoisotopic (exact) mass is 312 g/mol. The van der Waals surface area contributed by atoms with Crippen molar-refractivity contribution in [3.8, 4) is 5.75 Å². The Bertz CT molecular complexity index is 570. The van der Waals surface area contributed by atoms with E-state index >= 15 is 0 Å². The van der Waals surface area contributed by atoms with E-state index < -0.39 is 0 Å². The highest BCUT2D eigenvalue weighted by Crippen LogP contribution is 2.23. The van der Waals surface area contributed by atoms with Crippen LogP contribution in [-0.4, -0.2) is 0 Å². The number of benzene rings is 2. The van der Waals surface area contributed by atoms with Crippen LogP contribution in [0.2, 0.25) is 0 Å². The largest absolute Gasteiger partial charge is 0.489 e. The van der Waals surface area contributed by atoms with Crippen molar-refractivity contribution >= 4 is 15.9 Å². The van der Waals surface area contributed by atoms with Crippen molar-refractivity contribution < 1.29 is 13.5 Å². The summed E-state index contributed by atoms with van der Waals surface area (Å²) in [7, 11) is 0. The molecule has 0 saturated carbocycles. The standard InChI is InChI=1S/C14H11BrF2O/c1-9-5-6-11(7-13(9)17)18-8-10-3-2-4-12(16)14(10)15/h2-7H,8H2,1H3. The van der Waals surface area contributed by atoms with Crippen LogP contribution in [-0.2, 0) is 6.61 Å². The van der Waals surface area contributed by atoms with Crippen LogP contribution in [0, 0.1) is 18.6 Å². The number of halogens is 3. The van der Waals surface area contributed by atoms with Gasteiger partial charge in [-0.2, -0.15) is 0 Å². The van der Waals surface area contributed by atoms with Crippen LogP contribution in [0.4, 0.5) is 8.78 Å². The summed E-state index contributed by atoms with van der Waals surface area (Å²) in [6.45, 7) is 1.86. The molecule has 94 valence electrons. The van der Waals surface area contributed by atoms with Crippen LogP contribution in [0.15, 0.2) is 40.9 Å². The predicted molar refractivity (Wildman–Crippen MR) is 69.6 cm³/mol. The molecular formula is C14H11BrF2O. The number of hydrogen-bond acceptors (Lipinski definition) is 1. The third-order valence-electron chi connectivity index (χ3n) is 2.57. The molecule has 0 aliphatic heterocycles. The molecule has 0 aliphatic carbocycles. The molecule has 18 heavy (non-hydrogen) atoms. The normalized spacial score (nSPS) is 10.4. The zero-order valence-electron chi connectivity index (χ0n) is 9.71. The molecule has 0 unspecified atom stereocenters. The number of ether oxygens (including phenoxy) is 1. The molecule has 4 heteroatoms. The van der Waals surface area contributed by atoms with E-state index in [-0.39, 0.29) is 18.2 Å². The van der Waals surface area contributed by atoms with Gasteiger partial charge in [0.1, 0.15) is 24.0 Å². The van der Waals surface area contributed by atoms with Crippen molar-refractivity contribution in [3.05, 3.63) is 63.6 Å². The Labute approximate surface area is 113 Å². The Morgan fingerprint density at radius 3 is 2.61 bits per heavy atom. The molecule has 0 atom stereocenters. The van der Waals surface area contributed by atoms with Crippen LogP contribution in [0.3, 0.4) is 0 Å². The summed E-state index contributed by atoms with van der Waals surface area (Å²) >= 11 is 3.15. The van der Waals surface area contributed by atoms with Gasteiger partial charge in [0, 0.05) is 11.6 Å². The molecular weight excluding hydrogens is 302 g/mol. The van der Waals surface area contributed by atoms with Crippen molar-refractivity contribution in [2.75, 3.05) is 0 Å². The molecule has 2 aromatic carbocycles. The van der Waals surface area contributed by atoms with Gasteiger partial charge in [0.15, 0.2) is 0 Å². The lowest BCUT2D eigenvalue weighted by Gasteiger charge is -2.09. The van der Waals surface area contributed by atoms with Gasteiger partial charge in [-0.15, -0.1) is 0 Å². The average Bonchev–Trinajstić information content (AvgIpc) is 2.35. The fourth-order valence-electron chi connectivity index (χ4n) is 1.48. The minimum absolute atomic E-state index is 0.181. The first-order valence-corrected chi connectivity index (χ1v) is 6.19. The molecule has 1 nitrogen and oxygen atoms in total. The van der Waals surface area contributed by atoms with Crippen LogP contribution in [0.25, 0.3) is 0 Å². The molecule has 0 aliphatic rings. The fourth-order valence-corrected chi connectivity index (χ4v) is 1.86. The minimum Gasteiger partial charge on any atom is -0.489 e. The van der Waals surface area contributed by atoms with Crippen molar-refractivity contribution in [2.45, 2.75) is 13.5 Å². The quantitative estimate of drug-likeness (QED) is 0.804. The number of rotatable bonds is 3. The average molecular weight is 313 g/mol. The van der Waals surface area contributed by atoms with Gasteiger partial charge < -0.3 is 4.74 Å². The Morgan fingerprint density at radius 1 is 1.11 bits per heavy atom. The summed E-state index contributed by atoms with van der Waals surface area (Å²) in [5, 5.41) is 0. The molecule has 0 aromatic heterocycles. The smallest absolute Gasteiger partial charge is 0.137 e. The summed E-state index contributed by atoms with van der Waals surface area (Å²) < 4.78 is 32.4. The van der Waals surface area contributed by atoms with Gasteiger partial charge in [0.2, 0.25) is 0 Å². The van der Waals surface area contributed by atoms with Gasteiger partial charge in [-0.1, -0.05) is 18.2 Å². The molecule has 0 bridgehead atoms. The SMILES string of the molecule is Cc1ccc(OCc2cccc(F)c2Br)cc1F. The first kappa shape index (κ1) is 13.0. The topological polar surface area (TPSA) is 9.23 Å². The highest BCUT2D eigenvalue weighted by molar-refractivity contribution is 9.10. The van der Waals surface area contributed by atoms with Crippen molar-refractivity contribution in [1.29, 1.82) is 0 Å². The van der Waals surface area contributed by atoms with E-state index in [1.807, 2.05) is 0 Å². The summed E-state index contributed by atoms with van der Waals surface area (Å²) in [5.41, 5.74) is 1.24. The Balaban J connectivity index is 2.11. The maximum Gasteiger partial charge on any atom is 0.137 e. The van der Waals surface area contributed by atoms with Gasteiger partial charge >= 0.3 is 0 Å². The van der Waals surface area contributed by atoms with Crippen LogP contribution >= 0.6 is 15.9 Å². The van der Waals surface area contributed by atoms with E-state index in [4.69, 9.17) is 4.74 Å². The Kier molecular flexibility index (Phi) is 3.97. The molecule has 2 rings (SSSR count). The Hall–Kier alpha value is -1.42. The second-order valence-corrected chi connectivity index (χ2v) is 4.71. The molecule has 0 radical (unpaired) electrons. The summed E-state index contributed by atoms with van der Waals surface area (Å²) in [6, 6.07) is 9.37. The lowest BCUT2D eigenvalue weighted by atomic mass is 10.2. The van der Waals surface area contributed by atoms with Crippen LogP contribution in [0.5, 0.6) is 5.75 Å². The number of hydrogen-bond donors (Lipinski definition) is 0. The molecule has 0 heterocycles. The van der Waals surface area contributed by atoms with E-state index in [9.17, 15) is 8.78 Å². The first-order valence-electron chi connectivity index (χ1n) is 5.40. The van der Waals surface area contributed by atoms with E-state index in [2.05, 4.69) is 15.9 Å². The fraction of sp³-hybridized carbons (Fsp3) is 0.143. The van der Waals surface area contributed by atoms with E-state index in [0.29, 0.717) is 21.3 Å². The lowest BCUT2D eigenvalue weighted by molar-refractivity contribution is 0.303. The zero-order valence-corrected chi connectivity index (χ0v) is 11.3. The van der Waals surface area contributed by atoms with Gasteiger partial charge in [-0.05, 0) is 40.5 Å². The first-order chi connectivity index (χ1) is 8.58. The second-order valence-electron chi connectivity index (χ2n) is 3.91. The van der Waals surface area contributed by atoms with Crippen molar-refractivity contribution in [1.82, 2.24) is 0 Å². The molecule has 0 fully saturated rings. The third kappa shape index (κ3) is 2.88. The number of aryl methyl sites for hydroxylation is 1. The Morgan fingerprint density at radius 2 is 1.89 bits per heavy atom. The summed E-state index contributed by atoms with van der Waals surface area (Å²) in [6.07, 6.45) is 0. The van der Waals surface area contributed by atoms with Gasteiger partial charge in [-0.3, -0.25) is 0 Å². The second kappa shape index (κ2) is 5.48. The summed E-state index contributed by atoms with van der Waals surface area (Å²) in [5.74, 6) is -0.230. The van der Waals surface area contributed by atoms with E-state index in [0.717, 1.165) is 0 Å². The van der Waals surface area contributed by atoms with E-state index in [1.165, 1.54) is 12.1 Å². The summed E-state index contributed by atoms with van der Waals surface area (Å²) in [4.78, 5) is 0. The van der Waals surface area contributed by atoms with Crippen LogP contribution in [0.1, 0.15) is 11.1 Å². The third-order valence-corrected chi connectivity index (χ3v) is 3.46. The highest BCUT2D eigenvalue weighted by atomic mass is 79.9. The van der Waals surface area contributed by atoms with Gasteiger partial charge in [0.25, 0.3) is 0 Å². The maximum atomic E-state index is 13.3. The maximum absolute atomic E-state index is 13.3. The van der Waals surface area contributed by atoms with Gasteiger partial charge in [-0.25, -0.2) is 8.78 Å². The molecule has 0 saturated heterocycles.